The monoisotopic (exact) mass is 837 g/mol. The molecule has 3 aromatic rings. The summed E-state index contributed by atoms with van der Waals surface area (Å²) in [7, 11) is 0. The van der Waals surface area contributed by atoms with Crippen LogP contribution in [0.3, 0.4) is 0 Å². The molecule has 2 heterocycles. The van der Waals surface area contributed by atoms with Gasteiger partial charge in [-0.05, 0) is 24.0 Å². The Morgan fingerprint density at radius 1 is 0.759 bits per heavy atom. The summed E-state index contributed by atoms with van der Waals surface area (Å²) in [6.07, 6.45) is -0.366. The van der Waals surface area contributed by atoms with E-state index in [4.69, 9.17) is 17.2 Å². The van der Waals surface area contributed by atoms with Crippen molar-refractivity contribution in [3.63, 3.8) is 0 Å². The van der Waals surface area contributed by atoms with Crippen LogP contribution < -0.4 is 49.1 Å². The fourth-order valence-corrected chi connectivity index (χ4v) is 7.52. The number of hydrogen-bond donors (Lipinski definition) is 10. The predicted molar refractivity (Wildman–Crippen MR) is 218 cm³/mol. The van der Waals surface area contributed by atoms with Crippen LogP contribution >= 0.6 is 23.1 Å². The van der Waals surface area contributed by atoms with Crippen molar-refractivity contribution >= 4 is 75.6 Å². The number of aliphatic carboxylic acids is 1. The number of hydrogen-bond acceptors (Lipinski definition) is 12. The van der Waals surface area contributed by atoms with Gasteiger partial charge in [-0.3, -0.25) is 38.6 Å². The van der Waals surface area contributed by atoms with E-state index >= 15 is 0 Å². The summed E-state index contributed by atoms with van der Waals surface area (Å²) in [5, 5.41) is 27.6. The van der Waals surface area contributed by atoms with Gasteiger partial charge in [-0.1, -0.05) is 60.7 Å². The van der Waals surface area contributed by atoms with E-state index in [9.17, 15) is 38.7 Å². The first-order valence-corrected chi connectivity index (χ1v) is 20.2. The summed E-state index contributed by atoms with van der Waals surface area (Å²) in [5.41, 5.74) is 18.5. The number of carboxylic acids is 1. The number of rotatable bonds is 11. The van der Waals surface area contributed by atoms with Crippen molar-refractivity contribution in [3.8, 4) is 0 Å². The van der Waals surface area contributed by atoms with Crippen LogP contribution in [0, 0.1) is 0 Å². The van der Waals surface area contributed by atoms with Gasteiger partial charge >= 0.3 is 5.97 Å². The number of nitrogens with zero attached hydrogens (tertiary/aromatic N) is 2. The van der Waals surface area contributed by atoms with Gasteiger partial charge in [-0.25, -0.2) is 4.98 Å². The van der Waals surface area contributed by atoms with Crippen LogP contribution in [0.5, 0.6) is 0 Å². The summed E-state index contributed by atoms with van der Waals surface area (Å²) in [6, 6.07) is 11.1. The Kier molecular flexibility index (Phi) is 17.3. The number of primary amides is 1. The van der Waals surface area contributed by atoms with E-state index in [-0.39, 0.29) is 37.5 Å². The minimum absolute atomic E-state index is 0.00363. The molecule has 1 aliphatic heterocycles. The van der Waals surface area contributed by atoms with Crippen LogP contribution in [0.1, 0.15) is 36.1 Å². The predicted octanol–water partition coefficient (Wildman–Crippen LogP) is -1.28. The molecule has 0 aliphatic carbocycles. The number of carboxylic acid groups (broad SMARTS) is 1. The van der Waals surface area contributed by atoms with Crippen molar-refractivity contribution in [3.05, 3.63) is 82.9 Å². The zero-order valence-corrected chi connectivity index (χ0v) is 33.0. The SMILES string of the molecule is NC(=O)[C@@H]1CSCc2csc(n2)NC(CCCN=C(N)N)C(=O)NCC(=O)N[C@@H](CC(=O)O)C(=O)N[C@@H](Cc2ccccc2)C(=O)N[C@@H](Cc2ccccc2)C(=O)N1. The van der Waals surface area contributed by atoms with Gasteiger partial charge in [0.05, 0.1) is 18.7 Å². The number of nitrogens with two attached hydrogens (primary N) is 3. The molecule has 19 nitrogen and oxygen atoms in total. The fraction of sp³-hybridized carbons (Fsp3) is 0.378. The molecule has 21 heteroatoms. The number of nitrogens with one attached hydrogen (secondary N) is 6. The normalized spacial score (nSPS) is 21.4. The molecule has 0 spiro atoms. The zero-order valence-electron chi connectivity index (χ0n) is 31.3. The Morgan fingerprint density at radius 2 is 1.34 bits per heavy atom. The molecule has 0 saturated carbocycles. The van der Waals surface area contributed by atoms with E-state index in [1.807, 2.05) is 0 Å². The summed E-state index contributed by atoms with van der Waals surface area (Å²) in [4.78, 5) is 101. The van der Waals surface area contributed by atoms with Crippen molar-refractivity contribution < 1.29 is 38.7 Å². The van der Waals surface area contributed by atoms with Gasteiger partial charge in [-0.2, -0.15) is 11.8 Å². The second-order valence-corrected chi connectivity index (χ2v) is 15.1. The number of thioether (sulfide) groups is 1. The molecule has 0 fully saturated rings. The lowest BCUT2D eigenvalue weighted by molar-refractivity contribution is -0.141. The van der Waals surface area contributed by atoms with Gasteiger partial charge in [0.25, 0.3) is 0 Å². The molecule has 310 valence electrons. The topological polar surface area (TPSA) is 315 Å². The van der Waals surface area contributed by atoms with Gasteiger partial charge in [0.15, 0.2) is 11.1 Å². The van der Waals surface area contributed by atoms with Crippen LogP contribution in [0.4, 0.5) is 5.13 Å². The van der Waals surface area contributed by atoms with E-state index in [0.717, 1.165) is 0 Å². The Bertz CT molecular complexity index is 1930. The molecule has 13 N–H and O–H groups in total. The first-order valence-electron chi connectivity index (χ1n) is 18.2. The third-order valence-electron chi connectivity index (χ3n) is 8.59. The van der Waals surface area contributed by atoms with Crippen LogP contribution in [0.15, 0.2) is 71.0 Å². The van der Waals surface area contributed by atoms with Gasteiger partial charge in [0.2, 0.25) is 35.4 Å². The van der Waals surface area contributed by atoms with Crippen molar-refractivity contribution in [2.45, 2.75) is 68.1 Å². The van der Waals surface area contributed by atoms with E-state index < -0.39 is 84.6 Å². The minimum atomic E-state index is -1.67. The molecule has 1 aliphatic rings. The highest BCUT2D eigenvalue weighted by Gasteiger charge is 2.32. The minimum Gasteiger partial charge on any atom is -0.481 e. The lowest BCUT2D eigenvalue weighted by Crippen LogP contribution is -2.59. The van der Waals surface area contributed by atoms with Crippen molar-refractivity contribution in [2.75, 3.05) is 24.2 Å². The lowest BCUT2D eigenvalue weighted by Gasteiger charge is -2.26. The molecule has 6 amide bonds. The van der Waals surface area contributed by atoms with Gasteiger partial charge < -0.3 is 54.2 Å². The quantitative estimate of drug-likeness (QED) is 0.0613. The lowest BCUT2D eigenvalue weighted by atomic mass is 10.0. The fourth-order valence-electron chi connectivity index (χ4n) is 5.69. The molecule has 2 aromatic carbocycles. The maximum absolute atomic E-state index is 14.1. The zero-order chi connectivity index (χ0) is 42.0. The summed E-state index contributed by atoms with van der Waals surface area (Å²) >= 11 is 2.48. The first-order chi connectivity index (χ1) is 27.8. The molecule has 5 atom stereocenters. The Labute approximate surface area is 342 Å². The molecule has 0 saturated heterocycles. The van der Waals surface area contributed by atoms with E-state index in [2.05, 4.69) is 41.9 Å². The van der Waals surface area contributed by atoms with Crippen molar-refractivity contribution in [1.82, 2.24) is 31.6 Å². The average molecular weight is 838 g/mol. The van der Waals surface area contributed by atoms with Gasteiger partial charge in [0.1, 0.15) is 30.2 Å². The summed E-state index contributed by atoms with van der Waals surface area (Å²) in [6.45, 7) is -0.410. The summed E-state index contributed by atoms with van der Waals surface area (Å²) < 4.78 is 0. The highest BCUT2D eigenvalue weighted by molar-refractivity contribution is 7.98. The maximum Gasteiger partial charge on any atom is 0.305 e. The van der Waals surface area contributed by atoms with Crippen molar-refractivity contribution in [2.24, 2.45) is 22.2 Å². The largest absolute Gasteiger partial charge is 0.481 e. The molecule has 58 heavy (non-hydrogen) atoms. The van der Waals surface area contributed by atoms with Crippen LogP contribution in [-0.2, 0) is 52.2 Å². The second kappa shape index (κ2) is 22.5. The third-order valence-corrected chi connectivity index (χ3v) is 10.5. The first kappa shape index (κ1) is 44.5. The smallest absolute Gasteiger partial charge is 0.305 e. The van der Waals surface area contributed by atoms with Gasteiger partial charge in [0, 0.05) is 36.3 Å². The van der Waals surface area contributed by atoms with E-state index in [1.165, 1.54) is 23.1 Å². The second-order valence-electron chi connectivity index (χ2n) is 13.2. The Morgan fingerprint density at radius 3 is 1.91 bits per heavy atom. The van der Waals surface area contributed by atoms with E-state index in [0.29, 0.717) is 34.1 Å². The number of thiazole rings is 1. The standard InChI is InChI=1S/C37H47N11O8S2/c38-31(52)28-20-57-18-23-19-58-37(43-23)48-24(12-7-13-41-36(39)40)32(53)42-17-29(49)44-27(16-30(50)51)35(56)46-25(14-21-8-3-1-4-9-21)33(54)45-26(34(55)47-28)15-22-10-5-2-6-11-22/h1-6,8-11,19,24-28H,7,12-18,20H2,(H2,38,52)(H,42,53)(H,43,48)(H,44,49)(H,45,54)(H,46,56)(H,47,55)(H,50,51)(H4,39,40,41)/t24?,25-,26-,27-,28-/m0/s1. The molecule has 1 aromatic heterocycles. The molecule has 1 unspecified atom stereocenters. The number of benzene rings is 2. The molecular formula is C37H47N11O8S2. The average Bonchev–Trinajstić information content (AvgIpc) is 3.63. The number of fused-ring (bicyclic) bond motifs is 2. The highest BCUT2D eigenvalue weighted by Crippen LogP contribution is 2.22. The number of carbonyl (C=O) groups is 7. The van der Waals surface area contributed by atoms with Crippen LogP contribution in [0.25, 0.3) is 0 Å². The molecular weight excluding hydrogens is 791 g/mol. The Hall–Kier alpha value is -6.22. The number of guanidine groups is 1. The number of anilines is 1. The van der Waals surface area contributed by atoms with Gasteiger partial charge in [-0.15, -0.1) is 11.3 Å². The van der Waals surface area contributed by atoms with Crippen LogP contribution in [0.2, 0.25) is 0 Å². The summed E-state index contributed by atoms with van der Waals surface area (Å²) in [5.74, 6) is -6.01. The Balaban J connectivity index is 1.67. The van der Waals surface area contributed by atoms with E-state index in [1.54, 1.807) is 66.0 Å². The number of carbonyl (C=O) groups excluding carboxylic acids is 6. The van der Waals surface area contributed by atoms with Crippen LogP contribution in [-0.4, -0.2) is 107 Å². The molecule has 2 bridgehead atoms. The highest BCUT2D eigenvalue weighted by atomic mass is 32.2. The number of amides is 6. The number of aromatic nitrogens is 1. The molecule has 0 radical (unpaired) electrons. The third kappa shape index (κ3) is 15.0. The molecule has 4 rings (SSSR count). The number of aliphatic imine (C=N–C) groups is 1. The maximum atomic E-state index is 14.1. The van der Waals surface area contributed by atoms with Crippen molar-refractivity contribution in [1.29, 1.82) is 0 Å².